The molecule has 2 heterocycles. The minimum atomic E-state index is -0.912. The summed E-state index contributed by atoms with van der Waals surface area (Å²) in [4.78, 5) is 27.3. The molecule has 0 aliphatic carbocycles. The molecule has 1 aromatic rings. The van der Waals surface area contributed by atoms with Gasteiger partial charge >= 0.3 is 5.97 Å². The van der Waals surface area contributed by atoms with Gasteiger partial charge in [-0.1, -0.05) is 0 Å². The molecule has 1 atom stereocenters. The molecule has 136 valence electrons. The summed E-state index contributed by atoms with van der Waals surface area (Å²) >= 11 is 0. The first-order valence-corrected chi connectivity index (χ1v) is 8.41. The highest BCUT2D eigenvalue weighted by Crippen LogP contribution is 2.43. The van der Waals surface area contributed by atoms with E-state index in [0.29, 0.717) is 43.8 Å². The number of hydrogen-bond donors (Lipinski definition) is 1. The van der Waals surface area contributed by atoms with Crippen LogP contribution in [0, 0.1) is 11.7 Å². The molecule has 0 radical (unpaired) electrons. The number of benzene rings is 1. The van der Waals surface area contributed by atoms with E-state index in [1.165, 1.54) is 6.07 Å². The number of piperidine rings is 1. The maximum Gasteiger partial charge on any atom is 0.309 e. The number of carboxylic acids is 1. The van der Waals surface area contributed by atoms with Crippen molar-refractivity contribution >= 4 is 11.9 Å². The molecule has 2 saturated heterocycles. The summed E-state index contributed by atoms with van der Waals surface area (Å²) in [6, 6.07) is 4.66. The molecule has 3 rings (SSSR count). The van der Waals surface area contributed by atoms with E-state index in [9.17, 15) is 19.1 Å². The van der Waals surface area contributed by atoms with Crippen LogP contribution in [0.5, 0.6) is 5.75 Å². The van der Waals surface area contributed by atoms with E-state index in [1.54, 1.807) is 31.2 Å². The average molecular weight is 350 g/mol. The molecule has 1 amide bonds. The van der Waals surface area contributed by atoms with Crippen LogP contribution in [-0.4, -0.2) is 59.6 Å². The number of carboxylic acid groups (broad SMARTS) is 1. The van der Waals surface area contributed by atoms with Crippen LogP contribution < -0.4 is 4.74 Å². The summed E-state index contributed by atoms with van der Waals surface area (Å²) in [5, 5.41) is 9.51. The molecule has 6 nitrogen and oxygen atoms in total. The Hall–Kier alpha value is -2.15. The number of hydrogen-bond acceptors (Lipinski definition) is 4. The molecule has 0 aromatic heterocycles. The van der Waals surface area contributed by atoms with Crippen molar-refractivity contribution in [2.45, 2.75) is 31.3 Å². The quantitative estimate of drug-likeness (QED) is 0.896. The van der Waals surface area contributed by atoms with Crippen LogP contribution in [0.25, 0.3) is 0 Å². The van der Waals surface area contributed by atoms with Crippen molar-refractivity contribution in [1.29, 1.82) is 0 Å². The number of ether oxygens (including phenoxy) is 1. The zero-order valence-electron chi connectivity index (χ0n) is 14.5. The van der Waals surface area contributed by atoms with Crippen LogP contribution >= 0.6 is 0 Å². The number of carbonyl (C=O) groups excluding carboxylic acids is 1. The summed E-state index contributed by atoms with van der Waals surface area (Å²) in [6.07, 6.45) is 1.23. The van der Waals surface area contributed by atoms with Gasteiger partial charge < -0.3 is 14.7 Å². The Kier molecular flexibility index (Phi) is 4.69. The SMILES string of the molecule is COc1ccc(F)c(CN2CCC3(CC2)C(C(=O)O)CC(=O)N3C)c1. The van der Waals surface area contributed by atoms with Crippen molar-refractivity contribution in [1.82, 2.24) is 9.80 Å². The molecular weight excluding hydrogens is 327 g/mol. The molecule has 0 saturated carbocycles. The normalized spacial score (nSPS) is 23.2. The van der Waals surface area contributed by atoms with Crippen LogP contribution in [0.2, 0.25) is 0 Å². The van der Waals surface area contributed by atoms with Crippen molar-refractivity contribution in [3.05, 3.63) is 29.6 Å². The van der Waals surface area contributed by atoms with Gasteiger partial charge in [-0.2, -0.15) is 0 Å². The molecule has 1 N–H and O–H groups in total. The third kappa shape index (κ3) is 3.08. The van der Waals surface area contributed by atoms with Gasteiger partial charge in [-0.25, -0.2) is 4.39 Å². The first kappa shape index (κ1) is 17.7. The van der Waals surface area contributed by atoms with Crippen molar-refractivity contribution in [3.8, 4) is 5.75 Å². The largest absolute Gasteiger partial charge is 0.497 e. The Balaban J connectivity index is 1.71. The van der Waals surface area contributed by atoms with Gasteiger partial charge in [0.1, 0.15) is 11.6 Å². The maximum atomic E-state index is 14.0. The Morgan fingerprint density at radius 2 is 2.08 bits per heavy atom. The van der Waals surface area contributed by atoms with Gasteiger partial charge in [-0.05, 0) is 31.0 Å². The summed E-state index contributed by atoms with van der Waals surface area (Å²) < 4.78 is 19.2. The minimum Gasteiger partial charge on any atom is -0.497 e. The number of aliphatic carboxylic acids is 1. The second kappa shape index (κ2) is 6.63. The van der Waals surface area contributed by atoms with Crippen molar-refractivity contribution < 1.29 is 23.8 Å². The molecule has 2 aliphatic rings. The van der Waals surface area contributed by atoms with Gasteiger partial charge in [0, 0.05) is 38.7 Å². The van der Waals surface area contributed by atoms with Gasteiger partial charge in [-0.3, -0.25) is 14.5 Å². The number of methoxy groups -OCH3 is 1. The van der Waals surface area contributed by atoms with E-state index in [1.807, 2.05) is 0 Å². The van der Waals surface area contributed by atoms with Crippen molar-refractivity contribution in [2.75, 3.05) is 27.2 Å². The fourth-order valence-corrected chi connectivity index (χ4v) is 4.12. The maximum absolute atomic E-state index is 14.0. The second-order valence-corrected chi connectivity index (χ2v) is 6.88. The fraction of sp³-hybridized carbons (Fsp3) is 0.556. The molecule has 2 aliphatic heterocycles. The first-order chi connectivity index (χ1) is 11.9. The summed E-state index contributed by atoms with van der Waals surface area (Å²) in [5.41, 5.74) is -0.0623. The summed E-state index contributed by atoms with van der Waals surface area (Å²) in [6.45, 7) is 1.69. The molecule has 25 heavy (non-hydrogen) atoms. The van der Waals surface area contributed by atoms with Gasteiger partial charge in [0.15, 0.2) is 0 Å². The number of nitrogens with zero attached hydrogens (tertiary/aromatic N) is 2. The Morgan fingerprint density at radius 1 is 1.40 bits per heavy atom. The van der Waals surface area contributed by atoms with Crippen LogP contribution in [-0.2, 0) is 16.1 Å². The monoisotopic (exact) mass is 350 g/mol. The number of amides is 1. The highest BCUT2D eigenvalue weighted by atomic mass is 19.1. The van der Waals surface area contributed by atoms with E-state index in [2.05, 4.69) is 4.90 Å². The van der Waals surface area contributed by atoms with E-state index in [0.717, 1.165) is 0 Å². The molecule has 7 heteroatoms. The number of halogens is 1. The van der Waals surface area contributed by atoms with Crippen LogP contribution in [0.3, 0.4) is 0 Å². The number of rotatable bonds is 4. The lowest BCUT2D eigenvalue weighted by molar-refractivity contribution is -0.146. The van der Waals surface area contributed by atoms with Crippen LogP contribution in [0.15, 0.2) is 18.2 Å². The smallest absolute Gasteiger partial charge is 0.309 e. The van der Waals surface area contributed by atoms with Gasteiger partial charge in [0.2, 0.25) is 5.91 Å². The van der Waals surface area contributed by atoms with Gasteiger partial charge in [0.25, 0.3) is 0 Å². The number of likely N-dealkylation sites (tertiary alicyclic amines) is 2. The standard InChI is InChI=1S/C18H23FN2O4/c1-20-16(22)10-14(17(23)24)18(20)5-7-21(8-6-18)11-12-9-13(25-2)3-4-15(12)19/h3-4,9,14H,5-8,10-11H2,1-2H3,(H,23,24). The van der Waals surface area contributed by atoms with Crippen LogP contribution in [0.1, 0.15) is 24.8 Å². The molecule has 0 bridgehead atoms. The predicted octanol–water partition coefficient (Wildman–Crippen LogP) is 1.73. The zero-order chi connectivity index (χ0) is 18.2. The van der Waals surface area contributed by atoms with Gasteiger partial charge in [-0.15, -0.1) is 0 Å². The van der Waals surface area contributed by atoms with E-state index in [-0.39, 0.29) is 18.1 Å². The lowest BCUT2D eigenvalue weighted by atomic mass is 9.77. The van der Waals surface area contributed by atoms with Gasteiger partial charge in [0.05, 0.1) is 18.6 Å². The average Bonchev–Trinajstić information content (AvgIpc) is 2.84. The number of carbonyl (C=O) groups is 2. The van der Waals surface area contributed by atoms with Crippen molar-refractivity contribution in [2.24, 2.45) is 5.92 Å². The third-order valence-electron chi connectivity index (χ3n) is 5.74. The van der Waals surface area contributed by atoms with E-state index in [4.69, 9.17) is 4.74 Å². The molecule has 1 spiro atoms. The first-order valence-electron chi connectivity index (χ1n) is 8.41. The Morgan fingerprint density at radius 3 is 2.68 bits per heavy atom. The Bertz CT molecular complexity index is 686. The fourth-order valence-electron chi connectivity index (χ4n) is 4.12. The van der Waals surface area contributed by atoms with Crippen LogP contribution in [0.4, 0.5) is 4.39 Å². The molecular formula is C18H23FN2O4. The second-order valence-electron chi connectivity index (χ2n) is 6.88. The highest BCUT2D eigenvalue weighted by molar-refractivity contribution is 5.88. The zero-order valence-corrected chi connectivity index (χ0v) is 14.5. The highest BCUT2D eigenvalue weighted by Gasteiger charge is 2.55. The lowest BCUT2D eigenvalue weighted by Gasteiger charge is -2.45. The van der Waals surface area contributed by atoms with E-state index >= 15 is 0 Å². The lowest BCUT2D eigenvalue weighted by Crippen LogP contribution is -2.55. The summed E-state index contributed by atoms with van der Waals surface area (Å²) in [5.74, 6) is -1.36. The van der Waals surface area contributed by atoms with E-state index < -0.39 is 17.4 Å². The topological polar surface area (TPSA) is 70.1 Å². The molecule has 2 fully saturated rings. The van der Waals surface area contributed by atoms with Crippen molar-refractivity contribution in [3.63, 3.8) is 0 Å². The minimum absolute atomic E-state index is 0.0658. The molecule has 1 aromatic carbocycles. The summed E-state index contributed by atoms with van der Waals surface area (Å²) in [7, 11) is 3.24. The third-order valence-corrected chi connectivity index (χ3v) is 5.74. The Labute approximate surface area is 146 Å². The molecule has 1 unspecified atom stereocenters. The predicted molar refractivity (Wildman–Crippen MR) is 88.7 cm³/mol.